The Balaban J connectivity index is 1.71. The van der Waals surface area contributed by atoms with Crippen molar-refractivity contribution in [2.75, 3.05) is 0 Å². The average Bonchev–Trinajstić information content (AvgIpc) is 3.02. The van der Waals surface area contributed by atoms with E-state index >= 15 is 0 Å². The number of rotatable bonds is 5. The molecule has 3 aromatic rings. The van der Waals surface area contributed by atoms with Gasteiger partial charge in [0.25, 0.3) is 0 Å². The van der Waals surface area contributed by atoms with Gasteiger partial charge in [0, 0.05) is 0 Å². The van der Waals surface area contributed by atoms with Crippen LogP contribution in [0, 0.1) is 0 Å². The molecule has 0 saturated carbocycles. The van der Waals surface area contributed by atoms with Gasteiger partial charge in [0.15, 0.2) is 0 Å². The number of nitrogens with two attached hydrogens (primary N) is 1. The fourth-order valence-corrected chi connectivity index (χ4v) is 6.91. The van der Waals surface area contributed by atoms with Crippen LogP contribution in [-0.2, 0) is 15.3 Å². The van der Waals surface area contributed by atoms with Gasteiger partial charge >= 0.3 is 148 Å². The van der Waals surface area contributed by atoms with Crippen LogP contribution in [0.2, 0.25) is 0 Å². The van der Waals surface area contributed by atoms with Gasteiger partial charge in [-0.25, -0.2) is 0 Å². The van der Waals surface area contributed by atoms with E-state index < -0.39 is 10.0 Å². The number of nitrogens with zero attached hydrogens (tertiary/aromatic N) is 1. The van der Waals surface area contributed by atoms with Crippen LogP contribution in [-0.4, -0.2) is 42.9 Å². The Morgan fingerprint density at radius 2 is 1.74 bits per heavy atom. The first-order valence-electron chi connectivity index (χ1n) is 6.78. The fraction of sp³-hybridized carbons (Fsp3) is 0.0625. The Bertz CT molecular complexity index is 891. The summed E-state index contributed by atoms with van der Waals surface area (Å²) in [6.45, 7) is 0. The molecule has 0 spiro atoms. The maximum absolute atomic E-state index is 11.3. The topological polar surface area (TPSA) is 73.1 Å². The Morgan fingerprint density at radius 1 is 1.04 bits per heavy atom. The Morgan fingerprint density at radius 3 is 2.39 bits per heavy atom. The third-order valence-corrected chi connectivity index (χ3v) is 9.32. The molecule has 0 bridgehead atoms. The molecule has 4 nitrogen and oxygen atoms in total. The summed E-state index contributed by atoms with van der Waals surface area (Å²) in [5, 5.41) is 6.14. The minimum atomic E-state index is -3.63. The summed E-state index contributed by atoms with van der Waals surface area (Å²) in [6.07, 6.45) is 1.91. The molecule has 1 heterocycles. The third-order valence-electron chi connectivity index (χ3n) is 3.13. The first-order chi connectivity index (χ1) is 11.0. The number of primary sulfonamides is 1. The molecule has 0 fully saturated rings. The third kappa shape index (κ3) is 4.42. The van der Waals surface area contributed by atoms with E-state index in [-0.39, 0.29) is 19.4 Å². The standard InChI is InChI=1S/C16H14N2O2SSe2/c17-21(19,20)13-8-6-12(7-9-13)15-10-18-16(23-15)11-22-14-4-2-1-3-5-14/h1-10H,11H2,(H2,17,19,20). The second kappa shape index (κ2) is 7.14. The summed E-state index contributed by atoms with van der Waals surface area (Å²) in [6, 6.07) is 17.2. The van der Waals surface area contributed by atoms with Gasteiger partial charge in [0.05, 0.1) is 0 Å². The summed E-state index contributed by atoms with van der Waals surface area (Å²) >= 11 is 0.613. The second-order valence-corrected chi connectivity index (χ2v) is 10.9. The minimum absolute atomic E-state index is 0.140. The molecule has 7 heteroatoms. The average molecular weight is 456 g/mol. The summed E-state index contributed by atoms with van der Waals surface area (Å²) < 4.78 is 26.4. The number of aromatic nitrogens is 1. The van der Waals surface area contributed by atoms with Gasteiger partial charge in [0.2, 0.25) is 0 Å². The van der Waals surface area contributed by atoms with E-state index in [0.717, 1.165) is 10.9 Å². The quantitative estimate of drug-likeness (QED) is 0.582. The predicted molar refractivity (Wildman–Crippen MR) is 93.5 cm³/mol. The van der Waals surface area contributed by atoms with Crippen LogP contribution in [0.1, 0.15) is 4.57 Å². The van der Waals surface area contributed by atoms with Gasteiger partial charge in [-0.3, -0.25) is 0 Å². The van der Waals surface area contributed by atoms with Crippen molar-refractivity contribution in [2.45, 2.75) is 10.2 Å². The molecular weight excluding hydrogens is 442 g/mol. The van der Waals surface area contributed by atoms with Crippen molar-refractivity contribution in [1.29, 1.82) is 0 Å². The summed E-state index contributed by atoms with van der Waals surface area (Å²) in [7, 11) is -3.63. The summed E-state index contributed by atoms with van der Waals surface area (Å²) in [5.41, 5.74) is 1.02. The molecule has 2 N–H and O–H groups in total. The van der Waals surface area contributed by atoms with Gasteiger partial charge in [-0.05, 0) is 0 Å². The van der Waals surface area contributed by atoms with Crippen LogP contribution in [0.25, 0.3) is 10.0 Å². The molecule has 3 rings (SSSR count). The molecule has 23 heavy (non-hydrogen) atoms. The van der Waals surface area contributed by atoms with Crippen molar-refractivity contribution in [2.24, 2.45) is 5.14 Å². The van der Waals surface area contributed by atoms with Crippen LogP contribution in [0.15, 0.2) is 65.7 Å². The molecule has 0 saturated heterocycles. The van der Waals surface area contributed by atoms with Crippen LogP contribution in [0.5, 0.6) is 0 Å². The molecule has 0 radical (unpaired) electrons. The van der Waals surface area contributed by atoms with Gasteiger partial charge in [-0.2, -0.15) is 0 Å². The monoisotopic (exact) mass is 458 g/mol. The van der Waals surface area contributed by atoms with E-state index in [2.05, 4.69) is 29.2 Å². The van der Waals surface area contributed by atoms with Crippen molar-refractivity contribution >= 4 is 43.9 Å². The second-order valence-electron chi connectivity index (χ2n) is 4.79. The molecule has 0 atom stereocenters. The zero-order chi connectivity index (χ0) is 16.3. The number of hydrogen-bond acceptors (Lipinski definition) is 3. The summed E-state index contributed by atoms with van der Waals surface area (Å²) in [5.74, 6) is 0. The predicted octanol–water partition coefficient (Wildman–Crippen LogP) is 0.983. The van der Waals surface area contributed by atoms with Crippen LogP contribution < -0.4 is 9.60 Å². The van der Waals surface area contributed by atoms with Crippen molar-refractivity contribution < 1.29 is 8.42 Å². The van der Waals surface area contributed by atoms with E-state index in [0.29, 0.717) is 15.0 Å². The first-order valence-corrected chi connectivity index (χ1v) is 12.1. The van der Waals surface area contributed by atoms with Crippen molar-refractivity contribution in [3.8, 4) is 10.0 Å². The van der Waals surface area contributed by atoms with Crippen LogP contribution in [0.4, 0.5) is 0 Å². The normalized spacial score (nSPS) is 11.5. The Kier molecular flexibility index (Phi) is 5.17. The maximum atomic E-state index is 11.3. The van der Waals surface area contributed by atoms with E-state index in [1.807, 2.05) is 12.3 Å². The van der Waals surface area contributed by atoms with Crippen LogP contribution >= 0.6 is 0 Å². The van der Waals surface area contributed by atoms with E-state index in [4.69, 9.17) is 5.14 Å². The number of benzene rings is 2. The van der Waals surface area contributed by atoms with E-state index in [1.54, 1.807) is 24.3 Å². The molecule has 1 aromatic heterocycles. The molecular formula is C16H14N2O2SSe2. The van der Waals surface area contributed by atoms with Crippen molar-refractivity contribution in [1.82, 2.24) is 4.98 Å². The fourth-order valence-electron chi connectivity index (χ4n) is 1.98. The van der Waals surface area contributed by atoms with E-state index in [9.17, 15) is 8.42 Å². The number of hydrogen-bond donors (Lipinski definition) is 1. The van der Waals surface area contributed by atoms with Gasteiger partial charge in [-0.1, -0.05) is 0 Å². The Hall–Kier alpha value is -1.20. The molecule has 0 aliphatic carbocycles. The van der Waals surface area contributed by atoms with E-state index in [1.165, 1.54) is 13.5 Å². The summed E-state index contributed by atoms with van der Waals surface area (Å²) in [4.78, 5) is 4.67. The first kappa shape index (κ1) is 16.6. The molecule has 0 amide bonds. The zero-order valence-electron chi connectivity index (χ0n) is 12.0. The van der Waals surface area contributed by atoms with Crippen molar-refractivity contribution in [3.05, 3.63) is 65.4 Å². The van der Waals surface area contributed by atoms with Crippen molar-refractivity contribution in [3.63, 3.8) is 0 Å². The van der Waals surface area contributed by atoms with Gasteiger partial charge in [0.1, 0.15) is 0 Å². The van der Waals surface area contributed by atoms with Gasteiger partial charge in [-0.15, -0.1) is 0 Å². The number of sulfonamides is 1. The molecule has 0 unspecified atom stereocenters. The SMILES string of the molecule is NS(=O)(=O)c1ccc(-c2cnc(C[Se]c3ccccc3)[se]2)cc1. The van der Waals surface area contributed by atoms with Gasteiger partial charge < -0.3 is 0 Å². The van der Waals surface area contributed by atoms with Crippen LogP contribution in [0.3, 0.4) is 0 Å². The molecule has 118 valence electrons. The molecule has 0 aliphatic rings. The molecule has 2 aromatic carbocycles. The zero-order valence-corrected chi connectivity index (χ0v) is 16.3. The molecule has 0 aliphatic heterocycles. The Labute approximate surface area is 147 Å².